The van der Waals surface area contributed by atoms with Crippen molar-refractivity contribution in [1.29, 1.82) is 0 Å². The maximum Gasteiger partial charge on any atom is 0.417 e. The molecule has 0 radical (unpaired) electrons. The number of aromatic nitrogens is 1. The van der Waals surface area contributed by atoms with Gasteiger partial charge in [0.05, 0.1) is 23.8 Å². The molecule has 1 fully saturated rings. The number of carboxylic acid groups (broad SMARTS) is 1. The number of pyridine rings is 1. The molecule has 1 aromatic heterocycles. The van der Waals surface area contributed by atoms with Crippen molar-refractivity contribution in [3.05, 3.63) is 58.8 Å². The zero-order valence-electron chi connectivity index (χ0n) is 23.9. The molecule has 2 aliphatic rings. The van der Waals surface area contributed by atoms with E-state index in [2.05, 4.69) is 27.7 Å². The number of unbranched alkanes of at least 4 members (excludes halogenated alkanes) is 1. The van der Waals surface area contributed by atoms with Crippen LogP contribution in [0.4, 0.5) is 19.0 Å². The van der Waals surface area contributed by atoms with Crippen LogP contribution in [-0.4, -0.2) is 71.8 Å². The van der Waals surface area contributed by atoms with Crippen LogP contribution in [0.2, 0.25) is 0 Å². The lowest BCUT2D eigenvalue weighted by Crippen LogP contribution is -2.44. The number of carbonyl (C=O) groups is 2. The quantitative estimate of drug-likeness (QED) is 0.242. The van der Waals surface area contributed by atoms with Crippen LogP contribution >= 0.6 is 0 Å². The molecule has 1 aliphatic heterocycles. The molecule has 230 valence electrons. The summed E-state index contributed by atoms with van der Waals surface area (Å²) in [6.07, 6.45) is 4.76. The number of benzene rings is 1. The molecule has 4 rings (SSSR count). The van der Waals surface area contributed by atoms with Gasteiger partial charge >= 0.3 is 12.1 Å². The van der Waals surface area contributed by atoms with Gasteiger partial charge in [0.25, 0.3) is 5.91 Å². The van der Waals surface area contributed by atoms with Crippen molar-refractivity contribution in [3.8, 4) is 0 Å². The Balaban J connectivity index is 1.31. The lowest BCUT2D eigenvalue weighted by atomic mass is 10.1. The van der Waals surface area contributed by atoms with Crippen LogP contribution in [0.15, 0.2) is 36.4 Å². The first kappa shape index (κ1) is 31.7. The second kappa shape index (κ2) is 15.3. The number of carbonyl (C=O) groups excluding carboxylic acids is 1. The lowest BCUT2D eigenvalue weighted by Gasteiger charge is -2.25. The molecule has 2 heterocycles. The molecule has 1 unspecified atom stereocenters. The Morgan fingerprint density at radius 1 is 1.07 bits per heavy atom. The summed E-state index contributed by atoms with van der Waals surface area (Å²) < 4.78 is 46.2. The summed E-state index contributed by atoms with van der Waals surface area (Å²) in [5.74, 6) is -1.37. The van der Waals surface area contributed by atoms with Crippen molar-refractivity contribution in [2.45, 2.75) is 82.5 Å². The molecule has 1 atom stereocenters. The number of carboxylic acids is 1. The number of anilines is 1. The number of halogens is 3. The third-order valence-corrected chi connectivity index (χ3v) is 7.99. The van der Waals surface area contributed by atoms with Crippen molar-refractivity contribution < 1.29 is 32.6 Å². The highest BCUT2D eigenvalue weighted by atomic mass is 19.4. The summed E-state index contributed by atoms with van der Waals surface area (Å²) in [5, 5.41) is 15.4. The largest absolute Gasteiger partial charge is 0.480 e. The van der Waals surface area contributed by atoms with E-state index >= 15 is 0 Å². The molecule has 1 amide bonds. The fourth-order valence-corrected chi connectivity index (χ4v) is 5.62. The summed E-state index contributed by atoms with van der Waals surface area (Å²) >= 11 is 0. The number of aryl methyl sites for hydroxylation is 2. The Morgan fingerprint density at radius 3 is 2.62 bits per heavy atom. The van der Waals surface area contributed by atoms with E-state index in [4.69, 9.17) is 9.72 Å². The molecule has 1 saturated carbocycles. The second-order valence-electron chi connectivity index (χ2n) is 11.1. The third-order valence-electron chi connectivity index (χ3n) is 7.99. The van der Waals surface area contributed by atoms with E-state index in [0.29, 0.717) is 26.2 Å². The predicted octanol–water partition coefficient (Wildman–Crippen LogP) is 5.32. The third kappa shape index (κ3) is 9.42. The maximum absolute atomic E-state index is 13.4. The topological polar surface area (TPSA) is 104 Å². The number of aliphatic carboxylic acids is 1. The Bertz CT molecular complexity index is 1190. The highest BCUT2D eigenvalue weighted by Gasteiger charge is 2.35. The lowest BCUT2D eigenvalue weighted by molar-refractivity contribution is -0.139. The number of fused-ring (bicyclic) bond motifs is 1. The molecular formula is C31H41F3N4O4. The van der Waals surface area contributed by atoms with Gasteiger partial charge < -0.3 is 25.4 Å². The maximum atomic E-state index is 13.4. The van der Waals surface area contributed by atoms with Crippen molar-refractivity contribution >= 4 is 17.7 Å². The SMILES string of the molecule is O=C(NC(CCN(CCCCc1ccc2c(n1)NCCC2)CCOC1CCCC1)C(=O)O)c1ccccc1C(F)(F)F. The summed E-state index contributed by atoms with van der Waals surface area (Å²) in [6.45, 7) is 3.12. The van der Waals surface area contributed by atoms with Crippen molar-refractivity contribution in [3.63, 3.8) is 0 Å². The molecule has 0 bridgehead atoms. The van der Waals surface area contributed by atoms with Gasteiger partial charge in [-0.2, -0.15) is 13.2 Å². The minimum Gasteiger partial charge on any atom is -0.480 e. The first-order valence-electron chi connectivity index (χ1n) is 15.0. The Labute approximate surface area is 245 Å². The van der Waals surface area contributed by atoms with Gasteiger partial charge in [0, 0.05) is 25.3 Å². The average molecular weight is 591 g/mol. The highest BCUT2D eigenvalue weighted by Crippen LogP contribution is 2.32. The fourth-order valence-electron chi connectivity index (χ4n) is 5.62. The van der Waals surface area contributed by atoms with E-state index < -0.39 is 35.2 Å². The van der Waals surface area contributed by atoms with Gasteiger partial charge in [0.15, 0.2) is 0 Å². The monoisotopic (exact) mass is 590 g/mol. The zero-order chi connectivity index (χ0) is 30.0. The normalized spacial score (nSPS) is 16.2. The first-order valence-corrected chi connectivity index (χ1v) is 15.0. The van der Waals surface area contributed by atoms with E-state index in [1.807, 2.05) is 0 Å². The van der Waals surface area contributed by atoms with Gasteiger partial charge in [-0.15, -0.1) is 0 Å². The van der Waals surface area contributed by atoms with E-state index in [1.54, 1.807) is 0 Å². The molecule has 8 nitrogen and oxygen atoms in total. The smallest absolute Gasteiger partial charge is 0.417 e. The van der Waals surface area contributed by atoms with Crippen molar-refractivity contribution in [2.24, 2.45) is 0 Å². The summed E-state index contributed by atoms with van der Waals surface area (Å²) in [7, 11) is 0. The van der Waals surface area contributed by atoms with Crippen LogP contribution in [0.5, 0.6) is 0 Å². The van der Waals surface area contributed by atoms with E-state index in [9.17, 15) is 27.9 Å². The van der Waals surface area contributed by atoms with Gasteiger partial charge in [-0.1, -0.05) is 31.0 Å². The van der Waals surface area contributed by atoms with Crippen LogP contribution in [-0.2, 0) is 28.5 Å². The number of nitrogens with zero attached hydrogens (tertiary/aromatic N) is 2. The average Bonchev–Trinajstić information content (AvgIpc) is 3.49. The molecule has 11 heteroatoms. The summed E-state index contributed by atoms with van der Waals surface area (Å²) in [5.41, 5.74) is 0.595. The molecule has 42 heavy (non-hydrogen) atoms. The van der Waals surface area contributed by atoms with Gasteiger partial charge in [0.2, 0.25) is 0 Å². The van der Waals surface area contributed by atoms with Gasteiger partial charge in [-0.3, -0.25) is 4.79 Å². The summed E-state index contributed by atoms with van der Waals surface area (Å²) in [6, 6.07) is 7.27. The van der Waals surface area contributed by atoms with Crippen molar-refractivity contribution in [1.82, 2.24) is 15.2 Å². The molecule has 0 spiro atoms. The second-order valence-corrected chi connectivity index (χ2v) is 11.1. The van der Waals surface area contributed by atoms with E-state index in [-0.39, 0.29) is 12.5 Å². The number of nitrogens with one attached hydrogen (secondary N) is 2. The number of hydrogen-bond donors (Lipinski definition) is 3. The summed E-state index contributed by atoms with van der Waals surface area (Å²) in [4.78, 5) is 31.6. The number of ether oxygens (including phenoxy) is 1. The van der Waals surface area contributed by atoms with Crippen molar-refractivity contribution in [2.75, 3.05) is 38.1 Å². The first-order chi connectivity index (χ1) is 20.2. The number of amides is 1. The zero-order valence-corrected chi connectivity index (χ0v) is 23.9. The molecule has 2 aromatic rings. The van der Waals surface area contributed by atoms with E-state index in [0.717, 1.165) is 88.0 Å². The van der Waals surface area contributed by atoms with Gasteiger partial charge in [0.1, 0.15) is 11.9 Å². The Morgan fingerprint density at radius 2 is 1.86 bits per heavy atom. The molecule has 3 N–H and O–H groups in total. The van der Waals surface area contributed by atoms with Gasteiger partial charge in [-0.05, 0) is 81.7 Å². The minimum atomic E-state index is -4.73. The highest BCUT2D eigenvalue weighted by molar-refractivity contribution is 5.98. The fraction of sp³-hybridized carbons (Fsp3) is 0.581. The Hall–Kier alpha value is -3.18. The van der Waals surface area contributed by atoms with E-state index in [1.165, 1.54) is 17.7 Å². The molecular weight excluding hydrogens is 549 g/mol. The minimum absolute atomic E-state index is 0.0523. The molecule has 1 aromatic carbocycles. The van der Waals surface area contributed by atoms with Crippen LogP contribution in [0, 0.1) is 0 Å². The number of rotatable bonds is 15. The van der Waals surface area contributed by atoms with Crippen LogP contribution < -0.4 is 10.6 Å². The number of hydrogen-bond acceptors (Lipinski definition) is 6. The van der Waals surface area contributed by atoms with Crippen LogP contribution in [0.3, 0.4) is 0 Å². The Kier molecular flexibility index (Phi) is 11.6. The molecule has 0 saturated heterocycles. The predicted molar refractivity (Wildman–Crippen MR) is 154 cm³/mol. The van der Waals surface area contributed by atoms with Crippen LogP contribution in [0.25, 0.3) is 0 Å². The standard InChI is InChI=1S/C31H41F3N4O4/c32-31(33,34)26-13-4-3-12-25(26)29(39)37-27(30(40)41)16-19-38(20-21-42-24-10-1-2-11-24)18-6-5-9-23-15-14-22-8-7-17-35-28(22)36-23/h3-4,12-15,24,27H,1-2,5-11,16-21H2,(H,35,36)(H,37,39)(H,40,41). The number of alkyl halides is 3. The molecule has 1 aliphatic carbocycles. The van der Waals surface area contributed by atoms with Crippen LogP contribution in [0.1, 0.15) is 78.5 Å². The van der Waals surface area contributed by atoms with Gasteiger partial charge in [-0.25, -0.2) is 9.78 Å².